The quantitative estimate of drug-likeness (QED) is 0.882. The molecule has 1 aliphatic heterocycles. The Kier molecular flexibility index (Phi) is 3.01. The zero-order valence-corrected chi connectivity index (χ0v) is 11.5. The van der Waals surface area contributed by atoms with E-state index in [1.807, 2.05) is 29.5 Å². The van der Waals surface area contributed by atoms with E-state index >= 15 is 0 Å². The largest absolute Gasteiger partial charge is 0.397 e. The third-order valence-corrected chi connectivity index (χ3v) is 3.90. The average molecular weight is 263 g/mol. The predicted molar refractivity (Wildman–Crippen MR) is 73.0 cm³/mol. The van der Waals surface area contributed by atoms with Gasteiger partial charge in [0.25, 0.3) is 5.91 Å². The van der Waals surface area contributed by atoms with Crippen LogP contribution in [0.1, 0.15) is 43.2 Å². The lowest BCUT2D eigenvalue weighted by Gasteiger charge is -2.36. The monoisotopic (exact) mass is 263 g/mol. The highest BCUT2D eigenvalue weighted by Crippen LogP contribution is 2.37. The second-order valence-corrected chi connectivity index (χ2v) is 5.75. The Morgan fingerprint density at radius 1 is 1.42 bits per heavy atom. The molecule has 0 radical (unpaired) electrons. The van der Waals surface area contributed by atoms with E-state index in [0.29, 0.717) is 24.9 Å². The molecule has 2 fully saturated rings. The lowest BCUT2D eigenvalue weighted by Crippen LogP contribution is -2.50. The Balaban J connectivity index is 1.86. The molecule has 5 nitrogen and oxygen atoms in total. The molecule has 2 unspecified atom stereocenters. The van der Waals surface area contributed by atoms with E-state index in [1.165, 1.54) is 0 Å². The summed E-state index contributed by atoms with van der Waals surface area (Å²) in [5, 5.41) is 0. The zero-order valence-electron chi connectivity index (χ0n) is 11.5. The highest BCUT2D eigenvalue weighted by atomic mass is 16.5. The molecule has 2 aliphatic rings. The van der Waals surface area contributed by atoms with Crippen LogP contribution in [-0.2, 0) is 4.74 Å². The number of amides is 1. The first-order valence-electron chi connectivity index (χ1n) is 6.96. The van der Waals surface area contributed by atoms with E-state index in [2.05, 4.69) is 0 Å². The van der Waals surface area contributed by atoms with Gasteiger partial charge in [0, 0.05) is 18.8 Å². The number of morpholine rings is 1. The molecule has 1 saturated heterocycles. The first-order valence-corrected chi connectivity index (χ1v) is 6.96. The zero-order chi connectivity index (χ0) is 13.6. The van der Waals surface area contributed by atoms with Crippen molar-refractivity contribution in [1.29, 1.82) is 0 Å². The molecular weight excluding hydrogens is 242 g/mol. The van der Waals surface area contributed by atoms with Crippen LogP contribution in [0, 0.1) is 0 Å². The van der Waals surface area contributed by atoms with Gasteiger partial charge >= 0.3 is 0 Å². The third-order valence-electron chi connectivity index (χ3n) is 3.90. The van der Waals surface area contributed by atoms with Gasteiger partial charge in [-0.1, -0.05) is 0 Å². The second kappa shape index (κ2) is 4.56. The van der Waals surface area contributed by atoms with Crippen molar-refractivity contribution in [1.82, 2.24) is 9.47 Å². The summed E-state index contributed by atoms with van der Waals surface area (Å²) < 4.78 is 7.62. The molecule has 1 aromatic rings. The minimum Gasteiger partial charge on any atom is -0.397 e. The fourth-order valence-corrected chi connectivity index (χ4v) is 2.66. The highest BCUT2D eigenvalue weighted by molar-refractivity contribution is 5.94. The summed E-state index contributed by atoms with van der Waals surface area (Å²) in [7, 11) is 0. The molecule has 1 aliphatic carbocycles. The highest BCUT2D eigenvalue weighted by Gasteiger charge is 2.33. The Labute approximate surface area is 113 Å². The molecule has 0 aromatic carbocycles. The minimum absolute atomic E-state index is 0.0752. The van der Waals surface area contributed by atoms with E-state index in [9.17, 15) is 4.79 Å². The molecule has 2 heterocycles. The average Bonchev–Trinajstić information content (AvgIpc) is 3.15. The molecule has 1 aromatic heterocycles. The first-order chi connectivity index (χ1) is 9.06. The first kappa shape index (κ1) is 12.5. The van der Waals surface area contributed by atoms with Gasteiger partial charge in [-0.15, -0.1) is 0 Å². The number of nitrogens with zero attached hydrogens (tertiary/aromatic N) is 2. The summed E-state index contributed by atoms with van der Waals surface area (Å²) in [4.78, 5) is 14.6. The number of anilines is 1. The Hall–Kier alpha value is -1.49. The Bertz CT molecular complexity index is 493. The summed E-state index contributed by atoms with van der Waals surface area (Å²) in [5.41, 5.74) is 7.25. The van der Waals surface area contributed by atoms with Crippen LogP contribution in [-0.4, -0.2) is 40.7 Å². The summed E-state index contributed by atoms with van der Waals surface area (Å²) in [5.74, 6) is 0.0752. The lowest BCUT2D eigenvalue weighted by molar-refractivity contribution is -0.0390. The molecule has 19 heavy (non-hydrogen) atoms. The molecule has 0 bridgehead atoms. The van der Waals surface area contributed by atoms with E-state index in [0.717, 1.165) is 18.5 Å². The minimum atomic E-state index is 0.0752. The van der Waals surface area contributed by atoms with Gasteiger partial charge in [0.2, 0.25) is 0 Å². The van der Waals surface area contributed by atoms with Gasteiger partial charge in [0.15, 0.2) is 0 Å². The van der Waals surface area contributed by atoms with Crippen LogP contribution >= 0.6 is 0 Å². The number of aromatic nitrogens is 1. The van der Waals surface area contributed by atoms with Gasteiger partial charge in [-0.2, -0.15) is 0 Å². The third kappa shape index (κ3) is 2.34. The van der Waals surface area contributed by atoms with Crippen molar-refractivity contribution < 1.29 is 9.53 Å². The maximum atomic E-state index is 12.7. The van der Waals surface area contributed by atoms with E-state index in [1.54, 1.807) is 6.07 Å². The van der Waals surface area contributed by atoms with E-state index < -0.39 is 0 Å². The van der Waals surface area contributed by atoms with Gasteiger partial charge in [-0.05, 0) is 32.8 Å². The van der Waals surface area contributed by atoms with Crippen molar-refractivity contribution >= 4 is 11.6 Å². The van der Waals surface area contributed by atoms with Crippen LogP contribution in [0.25, 0.3) is 0 Å². The number of carbonyl (C=O) groups excluding carboxylic acids is 1. The van der Waals surface area contributed by atoms with Crippen molar-refractivity contribution in [3.63, 3.8) is 0 Å². The molecule has 0 spiro atoms. The smallest absolute Gasteiger partial charge is 0.270 e. The van der Waals surface area contributed by atoms with Gasteiger partial charge in [0.1, 0.15) is 5.69 Å². The number of hydrogen-bond acceptors (Lipinski definition) is 3. The van der Waals surface area contributed by atoms with Crippen molar-refractivity contribution in [2.24, 2.45) is 0 Å². The van der Waals surface area contributed by atoms with Crippen LogP contribution in [0.5, 0.6) is 0 Å². The summed E-state index contributed by atoms with van der Waals surface area (Å²) in [6.07, 6.45) is 4.27. The SMILES string of the molecule is CC1CN(C(=O)c2cc(N)cn2C2CC2)C(C)CO1. The number of hydrogen-bond donors (Lipinski definition) is 1. The number of nitrogen functional groups attached to an aromatic ring is 1. The normalized spacial score (nSPS) is 27.6. The van der Waals surface area contributed by atoms with Crippen LogP contribution in [0.4, 0.5) is 5.69 Å². The number of ether oxygens (including phenoxy) is 1. The molecule has 2 atom stereocenters. The topological polar surface area (TPSA) is 60.5 Å². The fourth-order valence-electron chi connectivity index (χ4n) is 2.66. The second-order valence-electron chi connectivity index (χ2n) is 5.75. The standard InChI is InChI=1S/C14H21N3O2/c1-9-8-19-10(2)6-16(9)14(18)13-5-11(15)7-17(13)12-3-4-12/h5,7,9-10,12H,3-4,6,8,15H2,1-2H3. The number of nitrogens with two attached hydrogens (primary N) is 1. The molecule has 3 rings (SSSR count). The molecule has 1 amide bonds. The van der Waals surface area contributed by atoms with Gasteiger partial charge < -0.3 is 19.9 Å². The molecular formula is C14H21N3O2. The van der Waals surface area contributed by atoms with Gasteiger partial charge in [-0.3, -0.25) is 4.79 Å². The van der Waals surface area contributed by atoms with Crippen molar-refractivity contribution in [2.75, 3.05) is 18.9 Å². The number of rotatable bonds is 2. The number of carbonyl (C=O) groups is 1. The van der Waals surface area contributed by atoms with Crippen LogP contribution in [0.15, 0.2) is 12.3 Å². The van der Waals surface area contributed by atoms with Crippen LogP contribution in [0.2, 0.25) is 0 Å². The maximum Gasteiger partial charge on any atom is 0.270 e. The summed E-state index contributed by atoms with van der Waals surface area (Å²) in [6, 6.07) is 2.38. The van der Waals surface area contributed by atoms with Gasteiger partial charge in [-0.25, -0.2) is 0 Å². The molecule has 1 saturated carbocycles. The van der Waals surface area contributed by atoms with Crippen molar-refractivity contribution in [2.45, 2.75) is 44.9 Å². The van der Waals surface area contributed by atoms with E-state index in [-0.39, 0.29) is 18.1 Å². The molecule has 104 valence electrons. The fraction of sp³-hybridized carbons (Fsp3) is 0.643. The predicted octanol–water partition coefficient (Wildman–Crippen LogP) is 1.65. The summed E-state index contributed by atoms with van der Waals surface area (Å²) >= 11 is 0. The summed E-state index contributed by atoms with van der Waals surface area (Å²) in [6.45, 7) is 5.28. The Morgan fingerprint density at radius 2 is 2.16 bits per heavy atom. The Morgan fingerprint density at radius 3 is 2.84 bits per heavy atom. The maximum absolute atomic E-state index is 12.7. The van der Waals surface area contributed by atoms with Crippen LogP contribution in [0.3, 0.4) is 0 Å². The molecule has 5 heteroatoms. The van der Waals surface area contributed by atoms with Crippen molar-refractivity contribution in [3.8, 4) is 0 Å². The van der Waals surface area contributed by atoms with Crippen LogP contribution < -0.4 is 5.73 Å². The molecule has 2 N–H and O–H groups in total. The van der Waals surface area contributed by atoms with Crippen molar-refractivity contribution in [3.05, 3.63) is 18.0 Å². The lowest BCUT2D eigenvalue weighted by atomic mass is 10.2. The van der Waals surface area contributed by atoms with E-state index in [4.69, 9.17) is 10.5 Å². The van der Waals surface area contributed by atoms with Gasteiger partial charge in [0.05, 0.1) is 24.4 Å².